The first-order chi connectivity index (χ1) is 7.83. The highest BCUT2D eigenvalue weighted by atomic mass is 35.5. The summed E-state index contributed by atoms with van der Waals surface area (Å²) in [5.41, 5.74) is 0. The number of nitrogens with one attached hydrogen (secondary N) is 1. The maximum Gasteiger partial charge on any atom is 0.244 e. The third-order valence-corrected chi connectivity index (χ3v) is 3.37. The molecule has 0 aliphatic carbocycles. The van der Waals surface area contributed by atoms with E-state index in [1.807, 2.05) is 0 Å². The minimum atomic E-state index is -3.79. The number of aromatic nitrogens is 2. The van der Waals surface area contributed by atoms with E-state index in [1.54, 1.807) is 0 Å². The first-order valence-corrected chi connectivity index (χ1v) is 6.36. The molecule has 0 atom stereocenters. The van der Waals surface area contributed by atoms with Gasteiger partial charge in [-0.1, -0.05) is 0 Å². The number of nitrogens with zero attached hydrogens (tertiary/aromatic N) is 3. The minimum Gasteiger partial charge on any atom is -0.348 e. The van der Waals surface area contributed by atoms with Crippen molar-refractivity contribution in [3.63, 3.8) is 0 Å². The summed E-state index contributed by atoms with van der Waals surface area (Å²) in [6.07, 6.45) is 2.13. The summed E-state index contributed by atoms with van der Waals surface area (Å²) < 4.78 is 25.5. The number of hydrogen-bond acceptors (Lipinski definition) is 5. The number of carbonyl (C=O) groups excluding carboxylic acids is 1. The third-order valence-electron chi connectivity index (χ3n) is 1.82. The van der Waals surface area contributed by atoms with E-state index in [2.05, 4.69) is 14.7 Å². The normalized spacial score (nSPS) is 11.2. The maximum absolute atomic E-state index is 11.7. The fraction of sp³-hybridized carbons (Fsp3) is 0.375. The number of carbonyl (C=O) groups is 1. The van der Waals surface area contributed by atoms with Gasteiger partial charge in [-0.2, -0.15) is 0 Å². The van der Waals surface area contributed by atoms with E-state index in [-0.39, 0.29) is 22.6 Å². The van der Waals surface area contributed by atoms with Crippen LogP contribution in [0.5, 0.6) is 0 Å². The molecule has 17 heavy (non-hydrogen) atoms. The Morgan fingerprint density at radius 3 is 2.41 bits per heavy atom. The number of hydrogen-bond donors (Lipinski definition) is 1. The number of likely N-dealkylation sites (N-methyl/N-ethyl adjacent to an activating group) is 1. The number of sulfonamides is 1. The molecule has 0 radical (unpaired) electrons. The van der Waals surface area contributed by atoms with Crippen LogP contribution < -0.4 is 4.72 Å². The van der Waals surface area contributed by atoms with Crippen molar-refractivity contribution in [2.24, 2.45) is 0 Å². The molecule has 1 rings (SSSR count). The van der Waals surface area contributed by atoms with Crippen molar-refractivity contribution in [3.8, 4) is 0 Å². The summed E-state index contributed by atoms with van der Waals surface area (Å²) in [5, 5.41) is -0.0479. The number of halogens is 1. The van der Waals surface area contributed by atoms with Gasteiger partial charge in [-0.3, -0.25) is 4.79 Å². The molecule has 1 N–H and O–H groups in total. The topological polar surface area (TPSA) is 92.3 Å². The lowest BCUT2D eigenvalue weighted by Crippen LogP contribution is -2.36. The standard InChI is InChI=1S/C8H11ClN4O3S/c1-13(2)7(14)5-12-17(15,16)6-3-10-8(9)11-4-6/h3-4,12H,5H2,1-2H3. The second-order valence-electron chi connectivity index (χ2n) is 3.30. The van der Waals surface area contributed by atoms with E-state index in [0.717, 1.165) is 12.4 Å². The summed E-state index contributed by atoms with van der Waals surface area (Å²) in [6.45, 7) is -0.321. The highest BCUT2D eigenvalue weighted by Crippen LogP contribution is 2.06. The smallest absolute Gasteiger partial charge is 0.244 e. The van der Waals surface area contributed by atoms with Crippen LogP contribution in [0, 0.1) is 0 Å². The van der Waals surface area contributed by atoms with Crippen molar-refractivity contribution in [1.29, 1.82) is 0 Å². The van der Waals surface area contributed by atoms with Gasteiger partial charge in [0.25, 0.3) is 0 Å². The molecule has 0 aromatic carbocycles. The zero-order valence-corrected chi connectivity index (χ0v) is 10.8. The fourth-order valence-electron chi connectivity index (χ4n) is 0.837. The molecule has 0 bridgehead atoms. The van der Waals surface area contributed by atoms with Crippen LogP contribution in [0.15, 0.2) is 17.3 Å². The molecule has 1 amide bonds. The van der Waals surface area contributed by atoms with Gasteiger partial charge in [-0.25, -0.2) is 23.1 Å². The molecular weight excluding hydrogens is 268 g/mol. The van der Waals surface area contributed by atoms with Crippen LogP contribution in [-0.2, 0) is 14.8 Å². The molecule has 0 unspecified atom stereocenters. The molecule has 1 aromatic heterocycles. The van der Waals surface area contributed by atoms with Crippen molar-refractivity contribution in [1.82, 2.24) is 19.6 Å². The lowest BCUT2D eigenvalue weighted by molar-refractivity contribution is -0.127. The Hall–Kier alpha value is -1.25. The van der Waals surface area contributed by atoms with Gasteiger partial charge in [0, 0.05) is 14.1 Å². The van der Waals surface area contributed by atoms with Gasteiger partial charge in [0.1, 0.15) is 4.90 Å². The molecule has 0 aliphatic rings. The molecule has 0 fully saturated rings. The minimum absolute atomic E-state index is 0.0479. The summed E-state index contributed by atoms with van der Waals surface area (Å²) in [7, 11) is -0.727. The van der Waals surface area contributed by atoms with Crippen LogP contribution in [0.4, 0.5) is 0 Å². The Bertz CT molecular complexity index is 500. The molecule has 7 nitrogen and oxygen atoms in total. The van der Waals surface area contributed by atoms with E-state index < -0.39 is 10.0 Å². The fourth-order valence-corrected chi connectivity index (χ4v) is 1.80. The summed E-state index contributed by atoms with van der Waals surface area (Å²) in [5.74, 6) is -0.358. The zero-order valence-electron chi connectivity index (χ0n) is 9.21. The van der Waals surface area contributed by atoms with Crippen molar-refractivity contribution < 1.29 is 13.2 Å². The van der Waals surface area contributed by atoms with E-state index in [1.165, 1.54) is 19.0 Å². The quantitative estimate of drug-likeness (QED) is 0.750. The predicted octanol–water partition coefficient (Wildman–Crippen LogP) is -0.504. The first kappa shape index (κ1) is 13.8. The summed E-state index contributed by atoms with van der Waals surface area (Å²) in [6, 6.07) is 0. The summed E-state index contributed by atoms with van der Waals surface area (Å²) in [4.78, 5) is 19.5. The van der Waals surface area contributed by atoms with E-state index in [0.29, 0.717) is 0 Å². The van der Waals surface area contributed by atoms with E-state index >= 15 is 0 Å². The van der Waals surface area contributed by atoms with Crippen LogP contribution in [0.1, 0.15) is 0 Å². The Balaban J connectivity index is 2.76. The second kappa shape index (κ2) is 5.39. The van der Waals surface area contributed by atoms with Crippen LogP contribution >= 0.6 is 11.6 Å². The molecule has 0 aliphatic heterocycles. The lowest BCUT2D eigenvalue weighted by atomic mass is 10.6. The number of rotatable bonds is 4. The molecule has 9 heteroatoms. The van der Waals surface area contributed by atoms with E-state index in [9.17, 15) is 13.2 Å². The van der Waals surface area contributed by atoms with Gasteiger partial charge in [0.2, 0.25) is 21.2 Å². The first-order valence-electron chi connectivity index (χ1n) is 4.50. The molecule has 1 heterocycles. The Kier molecular flexibility index (Phi) is 4.38. The van der Waals surface area contributed by atoms with Gasteiger partial charge in [0.15, 0.2) is 0 Å². The second-order valence-corrected chi connectivity index (χ2v) is 5.41. The van der Waals surface area contributed by atoms with Crippen LogP contribution in [0.3, 0.4) is 0 Å². The Labute approximate surface area is 104 Å². The molecule has 94 valence electrons. The predicted molar refractivity (Wildman–Crippen MR) is 60.9 cm³/mol. The van der Waals surface area contributed by atoms with Gasteiger partial charge in [0.05, 0.1) is 18.9 Å². The number of amides is 1. The zero-order chi connectivity index (χ0) is 13.1. The van der Waals surface area contributed by atoms with Crippen molar-refractivity contribution >= 4 is 27.5 Å². The van der Waals surface area contributed by atoms with Gasteiger partial charge >= 0.3 is 0 Å². The average molecular weight is 279 g/mol. The van der Waals surface area contributed by atoms with E-state index in [4.69, 9.17) is 11.6 Å². The van der Waals surface area contributed by atoms with Crippen LogP contribution in [-0.4, -0.2) is 49.8 Å². The molecule has 1 aromatic rings. The lowest BCUT2D eigenvalue weighted by Gasteiger charge is -2.10. The Morgan fingerprint density at radius 1 is 1.41 bits per heavy atom. The van der Waals surface area contributed by atoms with Crippen LogP contribution in [0.2, 0.25) is 5.28 Å². The van der Waals surface area contributed by atoms with Crippen molar-refractivity contribution in [2.45, 2.75) is 4.90 Å². The summed E-state index contributed by atoms with van der Waals surface area (Å²) >= 11 is 5.43. The van der Waals surface area contributed by atoms with Crippen molar-refractivity contribution in [3.05, 3.63) is 17.7 Å². The SMILES string of the molecule is CN(C)C(=O)CNS(=O)(=O)c1cnc(Cl)nc1. The van der Waals surface area contributed by atoms with Crippen molar-refractivity contribution in [2.75, 3.05) is 20.6 Å². The largest absolute Gasteiger partial charge is 0.348 e. The molecule has 0 spiro atoms. The van der Waals surface area contributed by atoms with Gasteiger partial charge in [-0.05, 0) is 11.6 Å². The Morgan fingerprint density at radius 2 is 1.94 bits per heavy atom. The molecule has 0 saturated carbocycles. The third kappa shape index (κ3) is 3.91. The average Bonchev–Trinajstić information content (AvgIpc) is 2.26. The highest BCUT2D eigenvalue weighted by Gasteiger charge is 2.16. The monoisotopic (exact) mass is 278 g/mol. The van der Waals surface area contributed by atoms with Gasteiger partial charge in [-0.15, -0.1) is 0 Å². The van der Waals surface area contributed by atoms with Gasteiger partial charge < -0.3 is 4.90 Å². The van der Waals surface area contributed by atoms with Crippen LogP contribution in [0.25, 0.3) is 0 Å². The molecule has 0 saturated heterocycles. The maximum atomic E-state index is 11.7. The highest BCUT2D eigenvalue weighted by molar-refractivity contribution is 7.89. The molecular formula is C8H11ClN4O3S.